The second kappa shape index (κ2) is 8.88. The molecule has 0 amide bonds. The number of hydrogen-bond acceptors (Lipinski definition) is 6. The van der Waals surface area contributed by atoms with Gasteiger partial charge in [-0.2, -0.15) is 28.2 Å². The first-order chi connectivity index (χ1) is 16.3. The average Bonchev–Trinajstić information content (AvgIpc) is 3.42. The summed E-state index contributed by atoms with van der Waals surface area (Å²) >= 11 is 6.14. The summed E-state index contributed by atoms with van der Waals surface area (Å²) in [5, 5.41) is 5.06. The Labute approximate surface area is 197 Å². The molecule has 8 nitrogen and oxygen atoms in total. The Morgan fingerprint density at radius 1 is 1.15 bits per heavy atom. The van der Waals surface area contributed by atoms with E-state index < -0.39 is 11.9 Å². The molecule has 1 saturated heterocycles. The van der Waals surface area contributed by atoms with Gasteiger partial charge in [0.05, 0.1) is 6.20 Å². The van der Waals surface area contributed by atoms with Gasteiger partial charge in [0.2, 0.25) is 11.2 Å². The van der Waals surface area contributed by atoms with Crippen molar-refractivity contribution in [2.45, 2.75) is 38.3 Å². The van der Waals surface area contributed by atoms with E-state index in [1.54, 1.807) is 35.1 Å². The smallest absolute Gasteiger partial charge is 0.434 e. The van der Waals surface area contributed by atoms with Crippen LogP contribution in [-0.2, 0) is 24.6 Å². The third-order valence-electron chi connectivity index (χ3n) is 5.57. The number of ether oxygens (including phenoxy) is 2. The molecule has 1 atom stereocenters. The highest BCUT2D eigenvalue weighted by atomic mass is 35.5. The monoisotopic (exact) mass is 492 g/mol. The molecule has 34 heavy (non-hydrogen) atoms. The number of aromatic nitrogens is 6. The molecule has 1 aliphatic heterocycles. The molecule has 0 N–H and O–H groups in total. The maximum Gasteiger partial charge on any atom is 0.434 e. The number of hydrogen-bond donors (Lipinski definition) is 0. The molecule has 0 bridgehead atoms. The number of imidazole rings is 1. The van der Waals surface area contributed by atoms with Crippen LogP contribution in [0.1, 0.15) is 36.7 Å². The van der Waals surface area contributed by atoms with E-state index in [0.717, 1.165) is 31.0 Å². The average molecular weight is 493 g/mol. The fourth-order valence-corrected chi connectivity index (χ4v) is 4.04. The highest BCUT2D eigenvalue weighted by Crippen LogP contribution is 2.32. The van der Waals surface area contributed by atoms with Crippen LogP contribution in [0.4, 0.5) is 13.2 Å². The summed E-state index contributed by atoms with van der Waals surface area (Å²) in [6, 6.07) is 6.91. The van der Waals surface area contributed by atoms with Crippen LogP contribution in [0.3, 0.4) is 0 Å². The van der Waals surface area contributed by atoms with Crippen LogP contribution < -0.4 is 4.74 Å². The molecule has 5 rings (SSSR count). The second-order valence-electron chi connectivity index (χ2n) is 7.99. The molecule has 0 radical (unpaired) electrons. The van der Waals surface area contributed by atoms with Crippen LogP contribution in [0.5, 0.6) is 5.88 Å². The quantitative estimate of drug-likeness (QED) is 0.357. The zero-order valence-electron chi connectivity index (χ0n) is 18.1. The Bertz CT molecular complexity index is 1310. The third-order valence-corrected chi connectivity index (χ3v) is 5.74. The van der Waals surface area contributed by atoms with Gasteiger partial charge >= 0.3 is 6.18 Å². The third kappa shape index (κ3) is 4.45. The normalized spacial score (nSPS) is 16.8. The number of aryl methyl sites for hydroxylation is 1. The van der Waals surface area contributed by atoms with Gasteiger partial charge in [-0.1, -0.05) is 24.3 Å². The number of fused-ring (bicyclic) bond motifs is 1. The maximum atomic E-state index is 12.9. The van der Waals surface area contributed by atoms with Crippen LogP contribution >= 0.6 is 11.6 Å². The summed E-state index contributed by atoms with van der Waals surface area (Å²) in [4.78, 5) is 12.2. The Morgan fingerprint density at radius 3 is 2.62 bits per heavy atom. The number of benzene rings is 1. The fraction of sp³-hybridized carbons (Fsp3) is 0.364. The van der Waals surface area contributed by atoms with E-state index in [9.17, 15) is 13.2 Å². The van der Waals surface area contributed by atoms with E-state index in [1.807, 2.05) is 0 Å². The summed E-state index contributed by atoms with van der Waals surface area (Å²) in [6.45, 7) is 0.835. The predicted octanol–water partition coefficient (Wildman–Crippen LogP) is 5.18. The zero-order chi connectivity index (χ0) is 23.9. The van der Waals surface area contributed by atoms with Gasteiger partial charge in [0, 0.05) is 25.4 Å². The van der Waals surface area contributed by atoms with Gasteiger partial charge in [-0.15, -0.1) is 0 Å². The SMILES string of the molecule is Cn1cc(C(F)(F)F)nc1-c1ccc(COc2nc(Cl)nc3c2cnn3C2CCCCO2)cc1. The summed E-state index contributed by atoms with van der Waals surface area (Å²) in [7, 11) is 1.53. The topological polar surface area (TPSA) is 79.9 Å². The minimum Gasteiger partial charge on any atom is -0.472 e. The van der Waals surface area contributed by atoms with Crippen LogP contribution in [-0.4, -0.2) is 35.9 Å². The van der Waals surface area contributed by atoms with E-state index in [0.29, 0.717) is 29.1 Å². The molecule has 0 aliphatic carbocycles. The molecule has 0 saturated carbocycles. The van der Waals surface area contributed by atoms with Gasteiger partial charge < -0.3 is 14.0 Å². The van der Waals surface area contributed by atoms with Crippen LogP contribution in [0.2, 0.25) is 5.28 Å². The Kier molecular flexibility index (Phi) is 5.90. The number of alkyl halides is 3. The minimum absolute atomic E-state index is 0.0330. The molecule has 1 fully saturated rings. The van der Waals surface area contributed by atoms with Crippen molar-refractivity contribution in [1.82, 2.24) is 29.3 Å². The van der Waals surface area contributed by atoms with E-state index >= 15 is 0 Å². The first-order valence-electron chi connectivity index (χ1n) is 10.6. The molecular formula is C22H20ClF3N6O2. The molecule has 12 heteroatoms. The van der Waals surface area contributed by atoms with Crippen molar-refractivity contribution in [3.05, 3.63) is 53.2 Å². The van der Waals surface area contributed by atoms with Crippen molar-refractivity contribution in [3.63, 3.8) is 0 Å². The summed E-state index contributed by atoms with van der Waals surface area (Å²) in [5.74, 6) is 0.515. The van der Waals surface area contributed by atoms with Gasteiger partial charge in [0.15, 0.2) is 17.6 Å². The van der Waals surface area contributed by atoms with Crippen molar-refractivity contribution in [1.29, 1.82) is 0 Å². The van der Waals surface area contributed by atoms with Crippen molar-refractivity contribution in [2.24, 2.45) is 7.05 Å². The molecule has 1 aliphatic rings. The zero-order valence-corrected chi connectivity index (χ0v) is 18.8. The lowest BCUT2D eigenvalue weighted by Crippen LogP contribution is -2.19. The minimum atomic E-state index is -4.50. The van der Waals surface area contributed by atoms with Crippen molar-refractivity contribution >= 4 is 22.6 Å². The Morgan fingerprint density at radius 2 is 1.94 bits per heavy atom. The van der Waals surface area contributed by atoms with Gasteiger partial charge in [-0.05, 0) is 36.4 Å². The lowest BCUT2D eigenvalue weighted by Gasteiger charge is -2.23. The lowest BCUT2D eigenvalue weighted by atomic mass is 10.1. The van der Waals surface area contributed by atoms with Gasteiger partial charge in [-0.25, -0.2) is 9.67 Å². The van der Waals surface area contributed by atoms with Crippen molar-refractivity contribution < 1.29 is 22.6 Å². The summed E-state index contributed by atoms with van der Waals surface area (Å²) in [5.41, 5.74) is 0.955. The molecule has 1 aromatic carbocycles. The highest BCUT2D eigenvalue weighted by molar-refractivity contribution is 6.28. The second-order valence-corrected chi connectivity index (χ2v) is 8.33. The van der Waals surface area contributed by atoms with E-state index in [1.165, 1.54) is 11.6 Å². The van der Waals surface area contributed by atoms with Crippen LogP contribution in [0, 0.1) is 0 Å². The molecule has 4 heterocycles. The van der Waals surface area contributed by atoms with Gasteiger partial charge in [0.25, 0.3) is 0 Å². The Balaban J connectivity index is 1.34. The van der Waals surface area contributed by atoms with E-state index in [-0.39, 0.29) is 23.9 Å². The van der Waals surface area contributed by atoms with E-state index in [4.69, 9.17) is 21.1 Å². The van der Waals surface area contributed by atoms with Gasteiger partial charge in [-0.3, -0.25) is 0 Å². The standard InChI is InChI=1S/C22H20ClF3N6O2/c1-31-11-16(22(24,25)26)28-18(31)14-7-5-13(6-8-14)12-34-20-15-10-27-32(17-4-2-3-9-33-17)19(15)29-21(23)30-20/h5-8,10-11,17H,2-4,9,12H2,1H3. The van der Waals surface area contributed by atoms with Crippen molar-refractivity contribution in [2.75, 3.05) is 6.61 Å². The fourth-order valence-electron chi connectivity index (χ4n) is 3.88. The highest BCUT2D eigenvalue weighted by Gasteiger charge is 2.34. The molecule has 1 unspecified atom stereocenters. The van der Waals surface area contributed by atoms with Crippen molar-refractivity contribution in [3.8, 4) is 17.3 Å². The lowest BCUT2D eigenvalue weighted by molar-refractivity contribution is -0.140. The molecule has 178 valence electrons. The first-order valence-corrected chi connectivity index (χ1v) is 11.0. The molecule has 0 spiro atoms. The van der Waals surface area contributed by atoms with Crippen LogP contribution in [0.15, 0.2) is 36.7 Å². The predicted molar refractivity (Wildman–Crippen MR) is 117 cm³/mol. The first kappa shape index (κ1) is 22.6. The summed E-state index contributed by atoms with van der Waals surface area (Å²) < 4.78 is 53.6. The van der Waals surface area contributed by atoms with E-state index in [2.05, 4.69) is 20.1 Å². The maximum absolute atomic E-state index is 12.9. The number of halogens is 4. The molecule has 4 aromatic rings. The van der Waals surface area contributed by atoms with Gasteiger partial charge in [0.1, 0.15) is 17.8 Å². The number of rotatable bonds is 5. The van der Waals surface area contributed by atoms with Crippen LogP contribution in [0.25, 0.3) is 22.4 Å². The Hall–Kier alpha value is -3.18. The number of nitrogens with zero attached hydrogens (tertiary/aromatic N) is 6. The molecular weight excluding hydrogens is 473 g/mol. The largest absolute Gasteiger partial charge is 0.472 e. The molecule has 3 aromatic heterocycles. The summed E-state index contributed by atoms with van der Waals surface area (Å²) in [6.07, 6.45) is 0.784.